The van der Waals surface area contributed by atoms with Gasteiger partial charge in [0.2, 0.25) is 0 Å². The van der Waals surface area contributed by atoms with E-state index in [4.69, 9.17) is 0 Å². The fourth-order valence-corrected chi connectivity index (χ4v) is 2.11. The molecule has 0 saturated heterocycles. The van der Waals surface area contributed by atoms with Gasteiger partial charge in [-0.3, -0.25) is 0 Å². The van der Waals surface area contributed by atoms with E-state index in [1.807, 2.05) is 16.8 Å². The zero-order valence-corrected chi connectivity index (χ0v) is 8.32. The van der Waals surface area contributed by atoms with E-state index in [2.05, 4.69) is 28.2 Å². The van der Waals surface area contributed by atoms with Gasteiger partial charge in [-0.25, -0.2) is 0 Å². The van der Waals surface area contributed by atoms with E-state index < -0.39 is 0 Å². The Morgan fingerprint density at radius 1 is 1.45 bits per heavy atom. The predicted molar refractivity (Wildman–Crippen MR) is 39.8 cm³/mol. The summed E-state index contributed by atoms with van der Waals surface area (Å²) in [5.74, 6) is 0. The molecule has 2 aromatic heterocycles. The number of alkyl halides is 1. The van der Waals surface area contributed by atoms with Crippen LogP contribution in [0.2, 0.25) is 0 Å². The summed E-state index contributed by atoms with van der Waals surface area (Å²) in [5, 5.41) is 0. The van der Waals surface area contributed by atoms with Crippen LogP contribution in [0, 0.1) is 3.57 Å². The summed E-state index contributed by atoms with van der Waals surface area (Å²) in [6.45, 7) is 0. The Balaban J connectivity index is 2.67. The molecular formula is C8H8IN2-. The summed E-state index contributed by atoms with van der Waals surface area (Å²) in [4.78, 5) is 6.47. The number of aromatic nitrogens is 2. The molecule has 0 atom stereocenters. The molecule has 0 aliphatic carbocycles. The van der Waals surface area contributed by atoms with Gasteiger partial charge >= 0.3 is 75.5 Å². The number of rotatable bonds is 1. The van der Waals surface area contributed by atoms with E-state index in [1.54, 1.807) is 0 Å². The van der Waals surface area contributed by atoms with Gasteiger partial charge < -0.3 is 0 Å². The van der Waals surface area contributed by atoms with Gasteiger partial charge in [-0.1, -0.05) is 0 Å². The SMILES string of the molecule is C[I-]c1ccn2ccnc2c1. The number of fused-ring (bicyclic) bond motifs is 1. The number of hydrogen-bond donors (Lipinski definition) is 0. The molecule has 0 aromatic carbocycles. The Morgan fingerprint density at radius 3 is 3.18 bits per heavy atom. The molecule has 58 valence electrons. The van der Waals surface area contributed by atoms with Gasteiger partial charge in [0.15, 0.2) is 0 Å². The average molecular weight is 259 g/mol. The number of pyridine rings is 1. The topological polar surface area (TPSA) is 17.3 Å². The minimum absolute atomic E-state index is 0.200. The van der Waals surface area contributed by atoms with Crippen LogP contribution < -0.4 is 21.2 Å². The second-order valence-electron chi connectivity index (χ2n) is 2.23. The molecule has 0 radical (unpaired) electrons. The van der Waals surface area contributed by atoms with Crippen LogP contribution in [0.1, 0.15) is 0 Å². The van der Waals surface area contributed by atoms with E-state index >= 15 is 0 Å². The molecule has 11 heavy (non-hydrogen) atoms. The first-order valence-corrected chi connectivity index (χ1v) is 6.56. The van der Waals surface area contributed by atoms with E-state index in [-0.39, 0.29) is 21.2 Å². The molecule has 0 unspecified atom stereocenters. The zero-order valence-electron chi connectivity index (χ0n) is 6.16. The maximum absolute atomic E-state index is 4.21. The van der Waals surface area contributed by atoms with E-state index in [0.717, 1.165) is 5.65 Å². The first-order chi connectivity index (χ1) is 5.40. The van der Waals surface area contributed by atoms with Crippen molar-refractivity contribution < 1.29 is 21.2 Å². The van der Waals surface area contributed by atoms with E-state index in [1.165, 1.54) is 3.57 Å². The molecule has 2 aromatic rings. The maximum atomic E-state index is 4.21. The van der Waals surface area contributed by atoms with Gasteiger partial charge in [0.1, 0.15) is 0 Å². The Bertz CT molecular complexity index is 367. The number of halogens is 1. The molecule has 0 spiro atoms. The summed E-state index contributed by atoms with van der Waals surface area (Å²) in [6, 6.07) is 4.33. The van der Waals surface area contributed by atoms with Crippen LogP contribution in [0.5, 0.6) is 0 Å². The Morgan fingerprint density at radius 2 is 2.36 bits per heavy atom. The predicted octanol–water partition coefficient (Wildman–Crippen LogP) is -1.78. The molecular weight excluding hydrogens is 251 g/mol. The average Bonchev–Trinajstić information content (AvgIpc) is 2.50. The van der Waals surface area contributed by atoms with Crippen molar-refractivity contribution in [1.82, 2.24) is 9.38 Å². The van der Waals surface area contributed by atoms with Gasteiger partial charge in [0, 0.05) is 0 Å². The standard InChI is InChI=1S/C8H8IN2/c1-9-7-2-4-11-5-3-10-8(11)6-7/h2-6H,1H3/q-1. The quantitative estimate of drug-likeness (QED) is 0.437. The van der Waals surface area contributed by atoms with Crippen molar-refractivity contribution in [2.24, 2.45) is 0 Å². The second-order valence-corrected chi connectivity index (χ2v) is 4.55. The van der Waals surface area contributed by atoms with Crippen molar-refractivity contribution in [3.05, 3.63) is 34.3 Å². The van der Waals surface area contributed by atoms with Gasteiger partial charge in [-0.05, 0) is 0 Å². The van der Waals surface area contributed by atoms with Gasteiger partial charge in [0.25, 0.3) is 0 Å². The molecule has 0 N–H and O–H groups in total. The van der Waals surface area contributed by atoms with Crippen LogP contribution in [-0.4, -0.2) is 14.3 Å². The minimum atomic E-state index is 0.200. The molecule has 3 heteroatoms. The monoisotopic (exact) mass is 259 g/mol. The van der Waals surface area contributed by atoms with Crippen molar-refractivity contribution in [3.63, 3.8) is 0 Å². The number of imidazole rings is 1. The molecule has 0 aliphatic heterocycles. The van der Waals surface area contributed by atoms with E-state index in [9.17, 15) is 0 Å². The molecule has 2 heterocycles. The number of hydrogen-bond acceptors (Lipinski definition) is 1. The third-order valence-electron chi connectivity index (χ3n) is 1.58. The fraction of sp³-hybridized carbons (Fsp3) is 0.125. The van der Waals surface area contributed by atoms with Crippen LogP contribution in [0.15, 0.2) is 30.7 Å². The molecule has 0 bridgehead atoms. The summed E-state index contributed by atoms with van der Waals surface area (Å²) in [6.07, 6.45) is 5.86. The van der Waals surface area contributed by atoms with Crippen molar-refractivity contribution in [2.45, 2.75) is 0 Å². The Labute approximate surface area is 75.5 Å². The van der Waals surface area contributed by atoms with Crippen molar-refractivity contribution in [1.29, 1.82) is 0 Å². The third-order valence-corrected chi connectivity index (χ3v) is 3.49. The third kappa shape index (κ3) is 1.24. The van der Waals surface area contributed by atoms with E-state index in [0.29, 0.717) is 0 Å². The summed E-state index contributed by atoms with van der Waals surface area (Å²) < 4.78 is 3.48. The molecule has 2 nitrogen and oxygen atoms in total. The number of nitrogens with zero attached hydrogens (tertiary/aromatic N) is 2. The second kappa shape index (κ2) is 2.81. The Kier molecular flexibility index (Phi) is 1.81. The fourth-order valence-electron chi connectivity index (χ4n) is 1.00. The molecule has 2 rings (SSSR count). The molecule has 0 amide bonds. The molecule has 0 fully saturated rings. The van der Waals surface area contributed by atoms with Gasteiger partial charge in [0.05, 0.1) is 0 Å². The Hall–Kier alpha value is -0.580. The van der Waals surface area contributed by atoms with Gasteiger partial charge in [-0.2, -0.15) is 0 Å². The summed E-state index contributed by atoms with van der Waals surface area (Å²) in [7, 11) is 0. The van der Waals surface area contributed by atoms with Crippen LogP contribution in [0.4, 0.5) is 0 Å². The normalized spacial score (nSPS) is 11.0. The summed E-state index contributed by atoms with van der Waals surface area (Å²) in [5.41, 5.74) is 1.06. The van der Waals surface area contributed by atoms with Crippen LogP contribution >= 0.6 is 0 Å². The van der Waals surface area contributed by atoms with Gasteiger partial charge in [-0.15, -0.1) is 0 Å². The van der Waals surface area contributed by atoms with Crippen LogP contribution in [0.3, 0.4) is 0 Å². The van der Waals surface area contributed by atoms with Crippen LogP contribution in [-0.2, 0) is 0 Å². The van der Waals surface area contributed by atoms with Crippen molar-refractivity contribution in [3.8, 4) is 0 Å². The first-order valence-electron chi connectivity index (χ1n) is 3.32. The summed E-state index contributed by atoms with van der Waals surface area (Å²) >= 11 is 0.200. The van der Waals surface area contributed by atoms with Crippen molar-refractivity contribution in [2.75, 3.05) is 4.93 Å². The first kappa shape index (κ1) is 7.09. The van der Waals surface area contributed by atoms with Crippen LogP contribution in [0.25, 0.3) is 5.65 Å². The molecule has 0 aliphatic rings. The molecule has 0 saturated carbocycles. The zero-order chi connectivity index (χ0) is 7.68. The van der Waals surface area contributed by atoms with Crippen molar-refractivity contribution >= 4 is 5.65 Å².